The van der Waals surface area contributed by atoms with E-state index >= 15 is 0 Å². The molecule has 3 amide bonds. The van der Waals surface area contributed by atoms with E-state index in [1.54, 1.807) is 30.3 Å². The smallest absolute Gasteiger partial charge is 0.326 e. The minimum Gasteiger partial charge on any atom is -0.480 e. The van der Waals surface area contributed by atoms with Gasteiger partial charge in [0, 0.05) is 18.0 Å². The lowest BCUT2D eigenvalue weighted by molar-refractivity contribution is -0.150. The summed E-state index contributed by atoms with van der Waals surface area (Å²) in [6.07, 6.45) is 5.01. The molecule has 38 heavy (non-hydrogen) atoms. The van der Waals surface area contributed by atoms with E-state index < -0.39 is 47.8 Å². The van der Waals surface area contributed by atoms with Crippen molar-refractivity contribution in [1.82, 2.24) is 15.5 Å². The summed E-state index contributed by atoms with van der Waals surface area (Å²) < 4.78 is 0. The van der Waals surface area contributed by atoms with Crippen molar-refractivity contribution in [2.45, 2.75) is 88.4 Å². The maximum Gasteiger partial charge on any atom is 0.326 e. The third-order valence-corrected chi connectivity index (χ3v) is 7.53. The molecule has 11 nitrogen and oxygen atoms in total. The van der Waals surface area contributed by atoms with Crippen molar-refractivity contribution in [1.29, 1.82) is 0 Å². The molecule has 5 atom stereocenters. The number of amides is 3. The fourth-order valence-corrected chi connectivity index (χ4v) is 5.56. The predicted octanol–water partition coefficient (Wildman–Crippen LogP) is 1.51. The molecule has 1 aromatic rings. The van der Waals surface area contributed by atoms with Gasteiger partial charge in [-0.05, 0) is 69.5 Å². The van der Waals surface area contributed by atoms with Crippen LogP contribution in [0.15, 0.2) is 30.3 Å². The van der Waals surface area contributed by atoms with Crippen LogP contribution in [-0.4, -0.2) is 75.5 Å². The van der Waals surface area contributed by atoms with E-state index in [0.29, 0.717) is 31.4 Å². The second-order valence-corrected chi connectivity index (χ2v) is 10.1. The molecule has 0 bridgehead atoms. The van der Waals surface area contributed by atoms with E-state index in [4.69, 9.17) is 5.73 Å². The largest absolute Gasteiger partial charge is 0.480 e. The van der Waals surface area contributed by atoms with E-state index in [0.717, 1.165) is 25.7 Å². The van der Waals surface area contributed by atoms with Crippen LogP contribution in [0.3, 0.4) is 0 Å². The normalized spacial score (nSPS) is 22.1. The van der Waals surface area contributed by atoms with Crippen molar-refractivity contribution in [3.05, 3.63) is 35.9 Å². The maximum absolute atomic E-state index is 13.1. The zero-order chi connectivity index (χ0) is 27.7. The molecule has 0 radical (unpaired) electrons. The molecule has 11 heteroatoms. The van der Waals surface area contributed by atoms with Gasteiger partial charge in [-0.1, -0.05) is 31.0 Å². The third-order valence-electron chi connectivity index (χ3n) is 7.53. The lowest BCUT2D eigenvalue weighted by Crippen LogP contribution is -2.52. The van der Waals surface area contributed by atoms with Crippen molar-refractivity contribution in [3.8, 4) is 0 Å². The Hall–Kier alpha value is -3.47. The number of nitrogens with two attached hydrogens (primary N) is 1. The highest BCUT2D eigenvalue weighted by molar-refractivity contribution is 5.98. The van der Waals surface area contributed by atoms with Crippen molar-refractivity contribution in [2.24, 2.45) is 11.7 Å². The minimum absolute atomic E-state index is 0.143. The third kappa shape index (κ3) is 7.53. The molecule has 0 aromatic heterocycles. The average Bonchev–Trinajstić information content (AvgIpc) is 3.30. The molecule has 3 rings (SSSR count). The number of carbonyl (C=O) groups is 5. The van der Waals surface area contributed by atoms with Gasteiger partial charge in [-0.15, -0.1) is 0 Å². The highest BCUT2D eigenvalue weighted by Gasteiger charge is 2.47. The molecule has 0 unspecified atom stereocenters. The second-order valence-electron chi connectivity index (χ2n) is 10.1. The Morgan fingerprint density at radius 3 is 2.32 bits per heavy atom. The van der Waals surface area contributed by atoms with Gasteiger partial charge in [0.1, 0.15) is 18.1 Å². The maximum atomic E-state index is 13.1. The Balaban J connectivity index is 1.64. The lowest BCUT2D eigenvalue weighted by Gasteiger charge is -2.33. The molecule has 1 heterocycles. The van der Waals surface area contributed by atoms with Crippen LogP contribution in [-0.2, 0) is 19.2 Å². The highest BCUT2D eigenvalue weighted by Crippen LogP contribution is 2.40. The Kier molecular flexibility index (Phi) is 10.6. The molecule has 1 saturated carbocycles. The molecule has 1 saturated heterocycles. The van der Waals surface area contributed by atoms with Crippen molar-refractivity contribution >= 4 is 29.7 Å². The molecule has 6 N–H and O–H groups in total. The van der Waals surface area contributed by atoms with Crippen LogP contribution in [0.2, 0.25) is 0 Å². The van der Waals surface area contributed by atoms with Crippen molar-refractivity contribution in [2.75, 3.05) is 6.54 Å². The number of nitrogens with zero attached hydrogens (tertiary/aromatic N) is 1. The quantitative estimate of drug-likeness (QED) is 0.238. The van der Waals surface area contributed by atoms with Gasteiger partial charge in [-0.3, -0.25) is 14.4 Å². The average molecular weight is 531 g/mol. The van der Waals surface area contributed by atoms with E-state index in [1.807, 2.05) is 0 Å². The number of carbonyl (C=O) groups excluding carboxylic acids is 3. The first-order valence-electron chi connectivity index (χ1n) is 13.4. The van der Waals surface area contributed by atoms with Crippen LogP contribution in [0.1, 0.15) is 74.6 Å². The summed E-state index contributed by atoms with van der Waals surface area (Å²) in [5, 5.41) is 24.6. The molecule has 1 aliphatic carbocycles. The molecule has 2 fully saturated rings. The molecular weight excluding hydrogens is 492 g/mol. The van der Waals surface area contributed by atoms with Crippen molar-refractivity contribution in [3.63, 3.8) is 0 Å². The summed E-state index contributed by atoms with van der Waals surface area (Å²) >= 11 is 0. The summed E-state index contributed by atoms with van der Waals surface area (Å²) in [6.45, 7) is 0.413. The SMILES string of the molecule is NCCCC[C@H](NC(=O)c1ccccc1)C(=O)N[C@H](CCC(=O)N1[C@H](C(=O)O)C[C@@H]2CCCC[C@@H]21)C(=O)O. The molecule has 0 spiro atoms. The first-order chi connectivity index (χ1) is 18.2. The first-order valence-corrected chi connectivity index (χ1v) is 13.4. The van der Waals surface area contributed by atoms with Crippen LogP contribution >= 0.6 is 0 Å². The van der Waals surface area contributed by atoms with E-state index in [1.165, 1.54) is 4.90 Å². The number of likely N-dealkylation sites (tertiary alicyclic amines) is 1. The Bertz CT molecular complexity index is 1000. The molecule has 2 aliphatic rings. The predicted molar refractivity (Wildman–Crippen MR) is 138 cm³/mol. The fourth-order valence-electron chi connectivity index (χ4n) is 5.56. The van der Waals surface area contributed by atoms with Crippen molar-refractivity contribution < 1.29 is 34.2 Å². The first kappa shape index (κ1) is 29.1. The summed E-state index contributed by atoms with van der Waals surface area (Å²) in [5.41, 5.74) is 5.92. The minimum atomic E-state index is -1.37. The summed E-state index contributed by atoms with van der Waals surface area (Å²) in [7, 11) is 0. The van der Waals surface area contributed by atoms with Gasteiger partial charge >= 0.3 is 11.9 Å². The number of benzene rings is 1. The van der Waals surface area contributed by atoms with E-state index in [2.05, 4.69) is 10.6 Å². The van der Waals surface area contributed by atoms with Gasteiger partial charge in [0.25, 0.3) is 5.91 Å². The van der Waals surface area contributed by atoms with E-state index in [9.17, 15) is 34.2 Å². The Labute approximate surface area is 222 Å². The Morgan fingerprint density at radius 1 is 0.947 bits per heavy atom. The van der Waals surface area contributed by atoms with Crippen LogP contribution in [0.5, 0.6) is 0 Å². The number of hydrogen-bond acceptors (Lipinski definition) is 6. The highest BCUT2D eigenvalue weighted by atomic mass is 16.4. The number of aliphatic carboxylic acids is 2. The number of carboxylic acids is 2. The molecule has 1 aliphatic heterocycles. The standard InChI is InChI=1S/C27H38N4O7/c28-15-7-6-11-19(29-24(33)17-8-2-1-3-9-17)25(34)30-20(26(35)36)13-14-23(32)31-21-12-5-4-10-18(21)16-22(31)27(37)38/h1-3,8-9,18-22H,4-7,10-16,28H2,(H,29,33)(H,30,34)(H,35,36)(H,37,38)/t18-,19-,20+,21-,22-/m0/s1. The van der Waals surface area contributed by atoms with Gasteiger partial charge < -0.3 is 31.5 Å². The lowest BCUT2D eigenvalue weighted by atomic mass is 9.84. The number of fused-ring (bicyclic) bond motifs is 1. The number of hydrogen-bond donors (Lipinski definition) is 5. The van der Waals surface area contributed by atoms with Gasteiger partial charge in [-0.25, -0.2) is 9.59 Å². The number of rotatable bonds is 13. The topological polar surface area (TPSA) is 179 Å². The van der Waals surface area contributed by atoms with Crippen LogP contribution < -0.4 is 16.4 Å². The fraction of sp³-hybridized carbons (Fsp3) is 0.593. The van der Waals surface area contributed by atoms with Crippen LogP contribution in [0.25, 0.3) is 0 Å². The van der Waals surface area contributed by atoms with Gasteiger partial charge in [-0.2, -0.15) is 0 Å². The zero-order valence-corrected chi connectivity index (χ0v) is 21.5. The number of nitrogens with one attached hydrogen (secondary N) is 2. The zero-order valence-electron chi connectivity index (χ0n) is 21.5. The van der Waals surface area contributed by atoms with Crippen LogP contribution in [0.4, 0.5) is 0 Å². The summed E-state index contributed by atoms with van der Waals surface area (Å²) in [6, 6.07) is 4.96. The van der Waals surface area contributed by atoms with Crippen LogP contribution in [0, 0.1) is 5.92 Å². The van der Waals surface area contributed by atoms with Gasteiger partial charge in [0.15, 0.2) is 0 Å². The molecular formula is C27H38N4O7. The molecule has 208 valence electrons. The summed E-state index contributed by atoms with van der Waals surface area (Å²) in [4.78, 5) is 64.1. The summed E-state index contributed by atoms with van der Waals surface area (Å²) in [5.74, 6) is -3.76. The number of unbranched alkanes of at least 4 members (excludes halogenated alkanes) is 1. The Morgan fingerprint density at radius 2 is 1.66 bits per heavy atom. The van der Waals surface area contributed by atoms with Gasteiger partial charge in [0.05, 0.1) is 0 Å². The number of carboxylic acid groups (broad SMARTS) is 2. The second kappa shape index (κ2) is 13.9. The molecule has 1 aromatic carbocycles. The van der Waals surface area contributed by atoms with Gasteiger partial charge in [0.2, 0.25) is 11.8 Å². The monoisotopic (exact) mass is 530 g/mol. The van der Waals surface area contributed by atoms with E-state index in [-0.39, 0.29) is 31.2 Å².